The van der Waals surface area contributed by atoms with Crippen molar-refractivity contribution in [3.05, 3.63) is 47.5 Å². The van der Waals surface area contributed by atoms with Gasteiger partial charge < -0.3 is 9.64 Å². The molecule has 0 spiro atoms. The van der Waals surface area contributed by atoms with Crippen molar-refractivity contribution in [2.45, 2.75) is 26.2 Å². The third kappa shape index (κ3) is 3.36. The summed E-state index contributed by atoms with van der Waals surface area (Å²) in [6.07, 6.45) is 5.18. The minimum absolute atomic E-state index is 0.136. The molecule has 8 heteroatoms. The first-order valence-electron chi connectivity index (χ1n) is 9.00. The van der Waals surface area contributed by atoms with Crippen molar-refractivity contribution in [1.82, 2.24) is 19.9 Å². The lowest BCUT2D eigenvalue weighted by molar-refractivity contribution is 0.0736. The molecule has 2 atom stereocenters. The van der Waals surface area contributed by atoms with Crippen LogP contribution in [-0.4, -0.2) is 45.5 Å². The van der Waals surface area contributed by atoms with Crippen molar-refractivity contribution in [3.63, 3.8) is 0 Å². The Balaban J connectivity index is 1.48. The molecule has 0 aromatic carbocycles. The fourth-order valence-corrected chi connectivity index (χ4v) is 4.21. The number of halogens is 2. The van der Waals surface area contributed by atoms with Gasteiger partial charge in [0.25, 0.3) is 5.91 Å². The van der Waals surface area contributed by atoms with Gasteiger partial charge in [0.1, 0.15) is 11.5 Å². The Hall–Kier alpha value is -2.64. The van der Waals surface area contributed by atoms with E-state index in [9.17, 15) is 13.6 Å². The quantitative estimate of drug-likeness (QED) is 0.823. The predicted molar refractivity (Wildman–Crippen MR) is 92.1 cm³/mol. The molecule has 0 bridgehead atoms. The zero-order valence-electron chi connectivity index (χ0n) is 15.0. The zero-order chi connectivity index (χ0) is 19.0. The van der Waals surface area contributed by atoms with Crippen LogP contribution in [0.3, 0.4) is 0 Å². The Kier molecular flexibility index (Phi) is 4.49. The van der Waals surface area contributed by atoms with Crippen LogP contribution in [0.1, 0.15) is 35.4 Å². The van der Waals surface area contributed by atoms with Crippen LogP contribution in [0.4, 0.5) is 8.78 Å². The molecule has 1 aliphatic carbocycles. The highest BCUT2D eigenvalue weighted by molar-refractivity contribution is 5.92. The van der Waals surface area contributed by atoms with Crippen LogP contribution in [0, 0.1) is 29.9 Å². The first-order valence-corrected chi connectivity index (χ1v) is 9.00. The predicted octanol–water partition coefficient (Wildman–Crippen LogP) is 2.78. The van der Waals surface area contributed by atoms with E-state index in [2.05, 4.69) is 15.0 Å². The molecule has 0 N–H and O–H groups in total. The van der Waals surface area contributed by atoms with Crippen LogP contribution in [-0.2, 0) is 0 Å². The van der Waals surface area contributed by atoms with E-state index in [0.717, 1.165) is 31.7 Å². The average Bonchev–Trinajstić information content (AvgIpc) is 3.20. The van der Waals surface area contributed by atoms with Gasteiger partial charge in [0.2, 0.25) is 0 Å². The summed E-state index contributed by atoms with van der Waals surface area (Å²) in [6, 6.07) is 2.84. The molecule has 142 valence electrons. The molecule has 0 radical (unpaired) electrons. The third-order valence-corrected chi connectivity index (χ3v) is 5.65. The second-order valence-corrected chi connectivity index (χ2v) is 7.37. The van der Waals surface area contributed by atoms with Crippen LogP contribution >= 0.6 is 0 Å². The summed E-state index contributed by atoms with van der Waals surface area (Å²) in [5.74, 6) is -0.804. The topological polar surface area (TPSA) is 68.2 Å². The lowest BCUT2D eigenvalue weighted by atomic mass is 9.82. The fraction of sp³-hybridized carbons (Fsp3) is 0.474. The SMILES string of the molecule is Cc1nc(C(=O)N2CC3CCCC3(COc3ncc(F)cn3)C2)ccc1F. The van der Waals surface area contributed by atoms with Crippen molar-refractivity contribution < 1.29 is 18.3 Å². The van der Waals surface area contributed by atoms with Gasteiger partial charge in [-0.1, -0.05) is 6.42 Å². The third-order valence-electron chi connectivity index (χ3n) is 5.65. The number of nitrogens with zero attached hydrogens (tertiary/aromatic N) is 4. The number of aryl methyl sites for hydroxylation is 1. The molecule has 3 heterocycles. The van der Waals surface area contributed by atoms with Gasteiger partial charge in [-0.05, 0) is 37.8 Å². The smallest absolute Gasteiger partial charge is 0.316 e. The normalized spacial score (nSPS) is 24.1. The van der Waals surface area contributed by atoms with Crippen LogP contribution in [0.25, 0.3) is 0 Å². The van der Waals surface area contributed by atoms with Gasteiger partial charge in [-0.25, -0.2) is 23.7 Å². The van der Waals surface area contributed by atoms with E-state index in [1.165, 1.54) is 12.1 Å². The summed E-state index contributed by atoms with van der Waals surface area (Å²) in [4.78, 5) is 26.4. The molecule has 1 saturated heterocycles. The molecule has 1 aliphatic heterocycles. The molecule has 1 amide bonds. The Morgan fingerprint density at radius 2 is 2.11 bits per heavy atom. The van der Waals surface area contributed by atoms with Crippen LogP contribution in [0.2, 0.25) is 0 Å². The molecule has 2 aromatic heterocycles. The summed E-state index contributed by atoms with van der Waals surface area (Å²) in [7, 11) is 0. The van der Waals surface area contributed by atoms with Gasteiger partial charge in [0.05, 0.1) is 24.7 Å². The van der Waals surface area contributed by atoms with Crippen molar-refractivity contribution in [2.24, 2.45) is 11.3 Å². The second-order valence-electron chi connectivity index (χ2n) is 7.37. The van der Waals surface area contributed by atoms with E-state index in [-0.39, 0.29) is 28.7 Å². The number of hydrogen-bond acceptors (Lipinski definition) is 5. The number of fused-ring (bicyclic) bond motifs is 1. The maximum absolute atomic E-state index is 13.4. The van der Waals surface area contributed by atoms with Gasteiger partial charge >= 0.3 is 6.01 Å². The Morgan fingerprint density at radius 1 is 1.33 bits per heavy atom. The summed E-state index contributed by atoms with van der Waals surface area (Å²) in [6.45, 7) is 3.10. The highest BCUT2D eigenvalue weighted by Crippen LogP contribution is 2.49. The molecule has 2 aliphatic rings. The average molecular weight is 374 g/mol. The van der Waals surface area contributed by atoms with E-state index in [4.69, 9.17) is 4.74 Å². The first-order chi connectivity index (χ1) is 13.0. The summed E-state index contributed by atoms with van der Waals surface area (Å²) in [5, 5.41) is 0. The molecule has 2 unspecified atom stereocenters. The van der Waals surface area contributed by atoms with Crippen LogP contribution in [0.5, 0.6) is 6.01 Å². The van der Waals surface area contributed by atoms with Crippen molar-refractivity contribution in [2.75, 3.05) is 19.7 Å². The van der Waals surface area contributed by atoms with E-state index in [1.807, 2.05) is 0 Å². The number of pyridine rings is 1. The summed E-state index contributed by atoms with van der Waals surface area (Å²) in [5.41, 5.74) is 0.307. The summed E-state index contributed by atoms with van der Waals surface area (Å²) < 4.78 is 32.1. The van der Waals surface area contributed by atoms with Crippen molar-refractivity contribution in [1.29, 1.82) is 0 Å². The maximum atomic E-state index is 13.4. The number of amides is 1. The highest BCUT2D eigenvalue weighted by Gasteiger charge is 2.51. The largest absolute Gasteiger partial charge is 0.463 e. The van der Waals surface area contributed by atoms with Gasteiger partial charge in [-0.2, -0.15) is 0 Å². The number of carbonyl (C=O) groups excluding carboxylic acids is 1. The van der Waals surface area contributed by atoms with Gasteiger partial charge in [0.15, 0.2) is 5.82 Å². The monoisotopic (exact) mass is 374 g/mol. The number of likely N-dealkylation sites (tertiary alicyclic amines) is 1. The summed E-state index contributed by atoms with van der Waals surface area (Å²) >= 11 is 0. The standard InChI is InChI=1S/C19H20F2N4O2/c1-12-15(21)4-5-16(24-12)17(26)25-9-13-3-2-6-19(13,10-25)11-27-18-22-7-14(20)8-23-18/h4-5,7-8,13H,2-3,6,9-11H2,1H3. The minimum atomic E-state index is -0.515. The van der Waals surface area contributed by atoms with E-state index >= 15 is 0 Å². The number of ether oxygens (including phenoxy) is 1. The first kappa shape index (κ1) is 17.8. The maximum Gasteiger partial charge on any atom is 0.316 e. The lowest BCUT2D eigenvalue weighted by Gasteiger charge is -2.28. The molecule has 1 saturated carbocycles. The second kappa shape index (κ2) is 6.83. The lowest BCUT2D eigenvalue weighted by Crippen LogP contribution is -2.36. The molecule has 2 fully saturated rings. The Morgan fingerprint density at radius 3 is 2.85 bits per heavy atom. The van der Waals surface area contributed by atoms with Crippen LogP contribution < -0.4 is 4.74 Å². The molecule has 4 rings (SSSR count). The number of aromatic nitrogens is 3. The van der Waals surface area contributed by atoms with Crippen molar-refractivity contribution >= 4 is 5.91 Å². The number of carbonyl (C=O) groups is 1. The highest BCUT2D eigenvalue weighted by atomic mass is 19.1. The van der Waals surface area contributed by atoms with Gasteiger partial charge in [0, 0.05) is 18.5 Å². The molecule has 27 heavy (non-hydrogen) atoms. The van der Waals surface area contributed by atoms with E-state index in [0.29, 0.717) is 25.6 Å². The molecular weight excluding hydrogens is 354 g/mol. The fourth-order valence-electron chi connectivity index (χ4n) is 4.21. The number of hydrogen-bond donors (Lipinski definition) is 0. The Labute approximate surface area is 155 Å². The zero-order valence-corrected chi connectivity index (χ0v) is 15.0. The Bertz CT molecular complexity index is 861. The number of rotatable bonds is 4. The van der Waals surface area contributed by atoms with E-state index < -0.39 is 11.6 Å². The van der Waals surface area contributed by atoms with Gasteiger partial charge in [-0.3, -0.25) is 4.79 Å². The molecule has 2 aromatic rings. The van der Waals surface area contributed by atoms with Gasteiger partial charge in [-0.15, -0.1) is 0 Å². The van der Waals surface area contributed by atoms with Crippen LogP contribution in [0.15, 0.2) is 24.5 Å². The van der Waals surface area contributed by atoms with E-state index in [1.54, 1.807) is 11.8 Å². The minimum Gasteiger partial charge on any atom is -0.463 e. The molecular formula is C19H20F2N4O2. The molecule has 6 nitrogen and oxygen atoms in total. The van der Waals surface area contributed by atoms with Crippen molar-refractivity contribution in [3.8, 4) is 6.01 Å².